The van der Waals surface area contributed by atoms with Gasteiger partial charge in [-0.1, -0.05) is 18.2 Å². The van der Waals surface area contributed by atoms with Crippen LogP contribution in [0.2, 0.25) is 0 Å². The van der Waals surface area contributed by atoms with Gasteiger partial charge in [0, 0.05) is 29.7 Å². The van der Waals surface area contributed by atoms with Gasteiger partial charge in [0.25, 0.3) is 0 Å². The van der Waals surface area contributed by atoms with Crippen LogP contribution in [-0.2, 0) is 9.84 Å². The second kappa shape index (κ2) is 4.10. The summed E-state index contributed by atoms with van der Waals surface area (Å²) in [7, 11) is -3.04. The van der Waals surface area contributed by atoms with Gasteiger partial charge in [0.05, 0.1) is 5.75 Å². The van der Waals surface area contributed by atoms with Gasteiger partial charge in [0.1, 0.15) is 5.25 Å². The highest BCUT2D eigenvalue weighted by molar-refractivity contribution is 7.91. The Labute approximate surface area is 106 Å². The summed E-state index contributed by atoms with van der Waals surface area (Å²) in [5, 5.41) is 3.77. The van der Waals surface area contributed by atoms with Crippen molar-refractivity contribution < 1.29 is 8.42 Å². The Morgan fingerprint density at radius 1 is 1.28 bits per heavy atom. The average Bonchev–Trinajstić information content (AvgIpc) is 2.65. The normalized spacial score (nSPS) is 23.3. The van der Waals surface area contributed by atoms with Crippen molar-refractivity contribution in [2.24, 2.45) is 0 Å². The fourth-order valence-electron chi connectivity index (χ4n) is 2.71. The highest BCUT2D eigenvalue weighted by Gasteiger charge is 2.33. The maximum absolute atomic E-state index is 12.2. The van der Waals surface area contributed by atoms with Crippen LogP contribution in [0.15, 0.2) is 24.3 Å². The monoisotopic (exact) mass is 264 g/mol. The number of H-pyrrole nitrogens is 1. The van der Waals surface area contributed by atoms with Crippen LogP contribution < -0.4 is 5.32 Å². The number of hydrogen-bond acceptors (Lipinski definition) is 3. The topological polar surface area (TPSA) is 62.0 Å². The maximum Gasteiger partial charge on any atom is 0.159 e. The summed E-state index contributed by atoms with van der Waals surface area (Å²) < 4.78 is 24.4. The Morgan fingerprint density at radius 3 is 2.83 bits per heavy atom. The third-order valence-corrected chi connectivity index (χ3v) is 5.63. The van der Waals surface area contributed by atoms with Crippen molar-refractivity contribution in [3.8, 4) is 0 Å². The van der Waals surface area contributed by atoms with Crippen molar-refractivity contribution in [1.82, 2.24) is 10.3 Å². The van der Waals surface area contributed by atoms with Crippen LogP contribution in [0.4, 0.5) is 0 Å². The van der Waals surface area contributed by atoms with E-state index in [0.717, 1.165) is 22.2 Å². The van der Waals surface area contributed by atoms with E-state index in [1.807, 2.05) is 31.2 Å². The van der Waals surface area contributed by atoms with Gasteiger partial charge in [-0.05, 0) is 18.6 Å². The van der Waals surface area contributed by atoms with E-state index in [0.29, 0.717) is 13.1 Å². The summed E-state index contributed by atoms with van der Waals surface area (Å²) >= 11 is 0. The molecule has 0 radical (unpaired) electrons. The number of sulfone groups is 1. The molecule has 0 bridgehead atoms. The molecule has 1 fully saturated rings. The van der Waals surface area contributed by atoms with Gasteiger partial charge in [-0.15, -0.1) is 0 Å². The molecular weight excluding hydrogens is 248 g/mol. The van der Waals surface area contributed by atoms with E-state index < -0.39 is 15.1 Å². The molecule has 5 heteroatoms. The van der Waals surface area contributed by atoms with E-state index in [1.165, 1.54) is 0 Å². The molecule has 1 aliphatic rings. The number of aromatic nitrogens is 1. The van der Waals surface area contributed by atoms with E-state index in [9.17, 15) is 8.42 Å². The van der Waals surface area contributed by atoms with Crippen LogP contribution in [0.5, 0.6) is 0 Å². The molecule has 1 aromatic heterocycles. The highest BCUT2D eigenvalue weighted by Crippen LogP contribution is 2.33. The maximum atomic E-state index is 12.2. The van der Waals surface area contributed by atoms with Gasteiger partial charge < -0.3 is 10.3 Å². The minimum absolute atomic E-state index is 0.219. The number of fused-ring (bicyclic) bond motifs is 1. The van der Waals surface area contributed by atoms with Gasteiger partial charge in [-0.2, -0.15) is 0 Å². The van der Waals surface area contributed by atoms with Crippen molar-refractivity contribution in [3.63, 3.8) is 0 Å². The SMILES string of the molecule is Cc1[nH]c2ccccc2c1C1CNCCS1(=O)=O. The fourth-order valence-corrected chi connectivity index (χ4v) is 4.46. The number of nitrogens with one attached hydrogen (secondary N) is 2. The molecule has 0 aliphatic carbocycles. The molecule has 2 N–H and O–H groups in total. The Hall–Kier alpha value is -1.33. The van der Waals surface area contributed by atoms with Crippen molar-refractivity contribution >= 4 is 20.7 Å². The predicted octanol–water partition coefficient (Wildman–Crippen LogP) is 1.54. The smallest absolute Gasteiger partial charge is 0.159 e. The first kappa shape index (κ1) is 11.7. The number of aryl methyl sites for hydroxylation is 1. The fraction of sp³-hybridized carbons (Fsp3) is 0.385. The quantitative estimate of drug-likeness (QED) is 0.821. The first-order valence-corrected chi connectivity index (χ1v) is 7.80. The lowest BCUT2D eigenvalue weighted by atomic mass is 10.1. The first-order chi connectivity index (χ1) is 8.59. The van der Waals surface area contributed by atoms with Crippen LogP contribution in [0, 0.1) is 6.92 Å². The second-order valence-electron chi connectivity index (χ2n) is 4.77. The Kier molecular flexibility index (Phi) is 2.68. The van der Waals surface area contributed by atoms with Crippen molar-refractivity contribution in [2.75, 3.05) is 18.8 Å². The largest absolute Gasteiger partial charge is 0.358 e. The van der Waals surface area contributed by atoms with Crippen LogP contribution in [0.3, 0.4) is 0 Å². The van der Waals surface area contributed by atoms with Crippen molar-refractivity contribution in [3.05, 3.63) is 35.5 Å². The lowest BCUT2D eigenvalue weighted by Crippen LogP contribution is -2.38. The minimum Gasteiger partial charge on any atom is -0.358 e. The average molecular weight is 264 g/mol. The molecule has 1 aromatic carbocycles. The zero-order valence-corrected chi connectivity index (χ0v) is 11.0. The van der Waals surface area contributed by atoms with Gasteiger partial charge in [0.2, 0.25) is 0 Å². The van der Waals surface area contributed by atoms with Crippen LogP contribution >= 0.6 is 0 Å². The molecule has 1 atom stereocenters. The molecule has 1 aliphatic heterocycles. The third kappa shape index (κ3) is 1.74. The van der Waals surface area contributed by atoms with Crippen molar-refractivity contribution in [1.29, 1.82) is 0 Å². The second-order valence-corrected chi connectivity index (χ2v) is 7.07. The third-order valence-electron chi connectivity index (χ3n) is 3.59. The minimum atomic E-state index is -3.04. The molecule has 0 spiro atoms. The van der Waals surface area contributed by atoms with Crippen LogP contribution in [0.1, 0.15) is 16.5 Å². The molecule has 96 valence electrons. The Morgan fingerprint density at radius 2 is 2.06 bits per heavy atom. The molecule has 1 saturated heterocycles. The summed E-state index contributed by atoms with van der Waals surface area (Å²) in [5.41, 5.74) is 2.89. The molecular formula is C13H16N2O2S. The van der Waals surface area contributed by atoms with Gasteiger partial charge >= 0.3 is 0 Å². The number of benzene rings is 1. The number of hydrogen-bond donors (Lipinski definition) is 2. The summed E-state index contributed by atoms with van der Waals surface area (Å²) in [5.74, 6) is 0.219. The number of para-hydroxylation sites is 1. The molecule has 0 amide bonds. The van der Waals surface area contributed by atoms with E-state index >= 15 is 0 Å². The van der Waals surface area contributed by atoms with Crippen LogP contribution in [-0.4, -0.2) is 32.2 Å². The molecule has 1 unspecified atom stereocenters. The highest BCUT2D eigenvalue weighted by atomic mass is 32.2. The lowest BCUT2D eigenvalue weighted by molar-refractivity contribution is 0.551. The predicted molar refractivity (Wildman–Crippen MR) is 72.4 cm³/mol. The standard InChI is InChI=1S/C13H16N2O2S/c1-9-13(10-4-2-3-5-11(10)15-9)12-8-14-6-7-18(12,16)17/h2-5,12,14-15H,6-8H2,1H3. The molecule has 4 nitrogen and oxygen atoms in total. The summed E-state index contributed by atoms with van der Waals surface area (Å²) in [6, 6.07) is 7.87. The zero-order valence-electron chi connectivity index (χ0n) is 10.2. The van der Waals surface area contributed by atoms with Gasteiger partial charge in [0.15, 0.2) is 9.84 Å². The van der Waals surface area contributed by atoms with E-state index in [4.69, 9.17) is 0 Å². The lowest BCUT2D eigenvalue weighted by Gasteiger charge is -2.23. The summed E-state index contributed by atoms with van der Waals surface area (Å²) in [6.45, 7) is 3.00. The van der Waals surface area contributed by atoms with E-state index in [2.05, 4.69) is 10.3 Å². The molecule has 2 heterocycles. The Bertz CT molecular complexity index is 688. The number of aromatic amines is 1. The summed E-state index contributed by atoms with van der Waals surface area (Å²) in [4.78, 5) is 3.27. The van der Waals surface area contributed by atoms with Gasteiger partial charge in [-0.3, -0.25) is 0 Å². The summed E-state index contributed by atoms with van der Waals surface area (Å²) in [6.07, 6.45) is 0. The zero-order chi connectivity index (χ0) is 12.8. The molecule has 2 aromatic rings. The van der Waals surface area contributed by atoms with Crippen LogP contribution in [0.25, 0.3) is 10.9 Å². The molecule has 18 heavy (non-hydrogen) atoms. The van der Waals surface area contributed by atoms with Gasteiger partial charge in [-0.25, -0.2) is 8.42 Å². The Balaban J connectivity index is 2.22. The van der Waals surface area contributed by atoms with Crippen molar-refractivity contribution in [2.45, 2.75) is 12.2 Å². The number of rotatable bonds is 1. The molecule has 3 rings (SSSR count). The van der Waals surface area contributed by atoms with E-state index in [1.54, 1.807) is 0 Å². The van der Waals surface area contributed by atoms with E-state index in [-0.39, 0.29) is 5.75 Å². The first-order valence-electron chi connectivity index (χ1n) is 6.09. The molecule has 0 saturated carbocycles.